The number of carbonyl (C=O) groups excluding carboxylic acids is 2. The lowest BCUT2D eigenvalue weighted by molar-refractivity contribution is -0.119. The number of amides is 1. The summed E-state index contributed by atoms with van der Waals surface area (Å²) in [4.78, 5) is 27.6. The summed E-state index contributed by atoms with van der Waals surface area (Å²) in [7, 11) is 0. The number of thiophene rings is 1. The number of ketones is 1. The van der Waals surface area contributed by atoms with Crippen LogP contribution < -0.4 is 15.2 Å². The Bertz CT molecular complexity index is 1210. The van der Waals surface area contributed by atoms with Crippen molar-refractivity contribution in [2.45, 2.75) is 26.9 Å². The van der Waals surface area contributed by atoms with E-state index in [4.69, 9.17) is 23.2 Å². The van der Waals surface area contributed by atoms with Gasteiger partial charge in [0.15, 0.2) is 17.8 Å². The number of carbonyl (C=O) groups is 2. The molecule has 9 heteroatoms. The average Bonchev–Trinajstić information content (AvgIpc) is 3.44. The molecule has 0 bridgehead atoms. The third kappa shape index (κ3) is 4.76. The van der Waals surface area contributed by atoms with Crippen LogP contribution in [-0.4, -0.2) is 17.5 Å². The predicted molar refractivity (Wildman–Crippen MR) is 137 cm³/mol. The maximum Gasteiger partial charge on any atom is 0.226 e. The molecule has 3 aromatic rings. The fourth-order valence-corrected chi connectivity index (χ4v) is 4.53. The first kappa shape index (κ1) is 23.3. The highest BCUT2D eigenvalue weighted by Gasteiger charge is 2.39. The van der Waals surface area contributed by atoms with Crippen LogP contribution >= 0.6 is 34.5 Å². The minimum atomic E-state index is -0.391. The minimum absolute atomic E-state index is 0.0582. The SMILES string of the molecule is CC(=O)C1=NN(c2ccc(Cl)c(Cl)c2)C(c2cccs2)N1c1ccc(NC(=O)C(C)C)cc1. The van der Waals surface area contributed by atoms with Gasteiger partial charge >= 0.3 is 0 Å². The first-order valence-electron chi connectivity index (χ1n) is 10.3. The van der Waals surface area contributed by atoms with Gasteiger partial charge in [0.1, 0.15) is 0 Å². The lowest BCUT2D eigenvalue weighted by Gasteiger charge is -2.31. The Hall–Kier alpha value is -2.87. The molecular formula is C24H22Cl2N4O2S. The summed E-state index contributed by atoms with van der Waals surface area (Å²) >= 11 is 14.0. The molecule has 0 aliphatic carbocycles. The van der Waals surface area contributed by atoms with Crippen LogP contribution in [0, 0.1) is 5.92 Å². The second kappa shape index (κ2) is 9.55. The highest BCUT2D eigenvalue weighted by atomic mass is 35.5. The normalized spacial score (nSPS) is 15.7. The monoisotopic (exact) mass is 500 g/mol. The number of hydrogen-bond donors (Lipinski definition) is 1. The van der Waals surface area contributed by atoms with Gasteiger partial charge in [-0.05, 0) is 53.9 Å². The summed E-state index contributed by atoms with van der Waals surface area (Å²) in [6.07, 6.45) is -0.391. The number of hydrogen-bond acceptors (Lipinski definition) is 6. The molecule has 2 heterocycles. The number of anilines is 3. The van der Waals surface area contributed by atoms with Crippen molar-refractivity contribution >= 4 is 69.1 Å². The van der Waals surface area contributed by atoms with E-state index < -0.39 is 6.17 Å². The molecule has 1 atom stereocenters. The molecule has 0 fully saturated rings. The van der Waals surface area contributed by atoms with Gasteiger partial charge in [-0.25, -0.2) is 5.01 Å². The molecule has 1 aromatic heterocycles. The van der Waals surface area contributed by atoms with Gasteiger partial charge in [-0.1, -0.05) is 43.1 Å². The molecule has 1 amide bonds. The van der Waals surface area contributed by atoms with Gasteiger partial charge < -0.3 is 5.32 Å². The van der Waals surface area contributed by atoms with Crippen molar-refractivity contribution in [1.82, 2.24) is 0 Å². The van der Waals surface area contributed by atoms with Crippen molar-refractivity contribution in [1.29, 1.82) is 0 Å². The fraction of sp³-hybridized carbons (Fsp3) is 0.208. The number of benzene rings is 2. The van der Waals surface area contributed by atoms with E-state index >= 15 is 0 Å². The average molecular weight is 501 g/mol. The Labute approximate surface area is 206 Å². The van der Waals surface area contributed by atoms with E-state index in [1.807, 2.05) is 66.6 Å². The van der Waals surface area contributed by atoms with Crippen LogP contribution in [0.2, 0.25) is 10.0 Å². The van der Waals surface area contributed by atoms with Gasteiger partial charge in [0.2, 0.25) is 5.91 Å². The van der Waals surface area contributed by atoms with Crippen LogP contribution in [-0.2, 0) is 9.59 Å². The van der Waals surface area contributed by atoms with E-state index in [2.05, 4.69) is 10.4 Å². The number of halogens is 2. The maximum atomic E-state index is 12.6. The standard InChI is InChI=1S/C24H22Cl2N4O2S/c1-14(2)23(32)27-16-6-8-17(9-7-16)29-22(15(3)31)28-30(24(29)21-5-4-12-33-21)18-10-11-19(25)20(26)13-18/h4-14,24H,1-3H3,(H,27,32). The lowest BCUT2D eigenvalue weighted by Crippen LogP contribution is -2.37. The van der Waals surface area contributed by atoms with E-state index in [-0.39, 0.29) is 17.6 Å². The van der Waals surface area contributed by atoms with Crippen LogP contribution in [0.25, 0.3) is 0 Å². The summed E-state index contributed by atoms with van der Waals surface area (Å²) in [6.45, 7) is 5.17. The van der Waals surface area contributed by atoms with Crippen molar-refractivity contribution in [3.8, 4) is 0 Å². The molecule has 0 spiro atoms. The van der Waals surface area contributed by atoms with Crippen LogP contribution in [0.5, 0.6) is 0 Å². The first-order chi connectivity index (χ1) is 15.8. The van der Waals surface area contributed by atoms with Crippen molar-refractivity contribution in [3.63, 3.8) is 0 Å². The van der Waals surface area contributed by atoms with Crippen LogP contribution in [0.15, 0.2) is 65.1 Å². The first-order valence-corrected chi connectivity index (χ1v) is 12.0. The fourth-order valence-electron chi connectivity index (χ4n) is 3.44. The number of nitrogens with zero attached hydrogens (tertiary/aromatic N) is 3. The van der Waals surface area contributed by atoms with Crippen molar-refractivity contribution in [2.75, 3.05) is 15.2 Å². The zero-order valence-electron chi connectivity index (χ0n) is 18.3. The van der Waals surface area contributed by atoms with Crippen LogP contribution in [0.1, 0.15) is 31.8 Å². The third-order valence-corrected chi connectivity index (χ3v) is 6.78. The Balaban J connectivity index is 1.76. The summed E-state index contributed by atoms with van der Waals surface area (Å²) < 4.78 is 0. The largest absolute Gasteiger partial charge is 0.326 e. The van der Waals surface area contributed by atoms with Crippen molar-refractivity contribution < 1.29 is 9.59 Å². The molecule has 4 rings (SSSR count). The molecule has 1 aliphatic heterocycles. The highest BCUT2D eigenvalue weighted by molar-refractivity contribution is 7.10. The molecule has 170 valence electrons. The zero-order valence-corrected chi connectivity index (χ0v) is 20.6. The Morgan fingerprint density at radius 3 is 2.30 bits per heavy atom. The molecule has 2 aromatic carbocycles. The van der Waals surface area contributed by atoms with E-state index in [9.17, 15) is 9.59 Å². The molecule has 1 unspecified atom stereocenters. The second-order valence-corrected chi connectivity index (χ2v) is 9.67. The highest BCUT2D eigenvalue weighted by Crippen LogP contribution is 2.42. The molecule has 0 radical (unpaired) electrons. The van der Waals surface area contributed by atoms with Gasteiger partial charge in [-0.15, -0.1) is 16.4 Å². The second-order valence-electron chi connectivity index (χ2n) is 7.87. The van der Waals surface area contributed by atoms with Gasteiger partial charge in [-0.3, -0.25) is 14.5 Å². The summed E-state index contributed by atoms with van der Waals surface area (Å²) in [5.41, 5.74) is 2.17. The Morgan fingerprint density at radius 2 is 1.73 bits per heavy atom. The number of Topliss-reactive ketones (excluding diaryl/α,β-unsaturated/α-hetero) is 1. The summed E-state index contributed by atoms with van der Waals surface area (Å²) in [5.74, 6) is -0.0467. The number of rotatable bonds is 6. The summed E-state index contributed by atoms with van der Waals surface area (Å²) in [5, 5.41) is 12.2. The number of nitrogens with one attached hydrogen (secondary N) is 1. The predicted octanol–water partition coefficient (Wildman–Crippen LogP) is 6.58. The molecule has 1 aliphatic rings. The van der Waals surface area contributed by atoms with Crippen molar-refractivity contribution in [3.05, 3.63) is 74.9 Å². The van der Waals surface area contributed by atoms with Gasteiger partial charge in [0.25, 0.3) is 0 Å². The quantitative estimate of drug-likeness (QED) is 0.415. The van der Waals surface area contributed by atoms with Gasteiger partial charge in [0, 0.05) is 29.1 Å². The zero-order chi connectivity index (χ0) is 23.7. The van der Waals surface area contributed by atoms with Crippen LogP contribution in [0.4, 0.5) is 17.1 Å². The molecule has 0 saturated heterocycles. The molecule has 1 N–H and O–H groups in total. The van der Waals surface area contributed by atoms with E-state index in [0.717, 1.165) is 10.6 Å². The molecule has 6 nitrogen and oxygen atoms in total. The van der Waals surface area contributed by atoms with Gasteiger partial charge in [0.05, 0.1) is 15.7 Å². The topological polar surface area (TPSA) is 65.0 Å². The molecule has 33 heavy (non-hydrogen) atoms. The van der Waals surface area contributed by atoms with Crippen molar-refractivity contribution in [2.24, 2.45) is 11.0 Å². The summed E-state index contributed by atoms with van der Waals surface area (Å²) in [6, 6.07) is 16.6. The molecular weight excluding hydrogens is 479 g/mol. The lowest BCUT2D eigenvalue weighted by atomic mass is 10.1. The maximum absolute atomic E-state index is 12.6. The smallest absolute Gasteiger partial charge is 0.226 e. The Kier molecular flexibility index (Phi) is 6.74. The third-order valence-electron chi connectivity index (χ3n) is 5.12. The Morgan fingerprint density at radius 1 is 1.03 bits per heavy atom. The van der Waals surface area contributed by atoms with Gasteiger partial charge in [-0.2, -0.15) is 0 Å². The number of amidine groups is 1. The van der Waals surface area contributed by atoms with E-state index in [0.29, 0.717) is 27.3 Å². The minimum Gasteiger partial charge on any atom is -0.326 e. The van der Waals surface area contributed by atoms with E-state index in [1.54, 1.807) is 28.5 Å². The van der Waals surface area contributed by atoms with E-state index in [1.165, 1.54) is 6.92 Å². The molecule has 0 saturated carbocycles. The number of hydrazone groups is 1. The van der Waals surface area contributed by atoms with Crippen LogP contribution in [0.3, 0.4) is 0 Å².